The van der Waals surface area contributed by atoms with Crippen LogP contribution in [0, 0.1) is 5.41 Å². The molecule has 1 fully saturated rings. The van der Waals surface area contributed by atoms with Crippen molar-refractivity contribution in [1.82, 2.24) is 5.73 Å². The van der Waals surface area contributed by atoms with Crippen molar-refractivity contribution < 1.29 is 9.53 Å². The molecule has 0 saturated heterocycles. The van der Waals surface area contributed by atoms with Gasteiger partial charge in [-0.25, -0.2) is 0 Å². The molecule has 1 aliphatic carbocycles. The smallest absolute Gasteiger partial charge is 0.318 e. The Bertz CT molecular complexity index is 355. The lowest BCUT2D eigenvalue weighted by atomic mass is 9.86. The molecule has 0 amide bonds. The number of para-hydroxylation sites is 1. The molecule has 0 aliphatic heterocycles. The number of esters is 1. The van der Waals surface area contributed by atoms with Crippen molar-refractivity contribution in [3.05, 3.63) is 30.3 Å². The largest absolute Gasteiger partial charge is 0.426 e. The average molecular weight is 218 g/mol. The van der Waals surface area contributed by atoms with Crippen LogP contribution in [0.2, 0.25) is 0 Å². The van der Waals surface area contributed by atoms with Crippen LogP contribution in [0.4, 0.5) is 0 Å². The van der Waals surface area contributed by atoms with Crippen molar-refractivity contribution in [2.24, 2.45) is 5.41 Å². The molecule has 1 aliphatic rings. The van der Waals surface area contributed by atoms with Crippen LogP contribution >= 0.6 is 0 Å². The highest BCUT2D eigenvalue weighted by Crippen LogP contribution is 2.38. The van der Waals surface area contributed by atoms with E-state index in [9.17, 15) is 4.79 Å². The number of nitrogens with one attached hydrogen (secondary N) is 1. The first-order valence-corrected chi connectivity index (χ1v) is 5.69. The van der Waals surface area contributed by atoms with Gasteiger partial charge in [0.2, 0.25) is 0 Å². The molecule has 0 aromatic heterocycles. The third kappa shape index (κ3) is 2.09. The number of rotatable bonds is 3. The molecule has 1 aromatic carbocycles. The fourth-order valence-corrected chi connectivity index (χ4v) is 2.21. The number of carbonyl (C=O) groups is 1. The van der Waals surface area contributed by atoms with E-state index in [0.29, 0.717) is 5.75 Å². The van der Waals surface area contributed by atoms with Crippen LogP contribution in [0.15, 0.2) is 30.3 Å². The Morgan fingerprint density at radius 3 is 2.44 bits per heavy atom. The molecule has 1 radical (unpaired) electrons. The van der Waals surface area contributed by atoms with E-state index < -0.39 is 5.41 Å². The standard InChI is InChI=1S/C13H16NO2/c14-10-13(8-4-5-9-13)12(15)16-11-6-2-1-3-7-11/h1-3,6-7,14H,4-5,8-10H2. The summed E-state index contributed by atoms with van der Waals surface area (Å²) in [5.74, 6) is 0.346. The summed E-state index contributed by atoms with van der Waals surface area (Å²) < 4.78 is 5.33. The number of carbonyl (C=O) groups excluding carboxylic acids is 1. The van der Waals surface area contributed by atoms with Gasteiger partial charge < -0.3 is 4.74 Å². The van der Waals surface area contributed by atoms with E-state index in [-0.39, 0.29) is 12.5 Å². The van der Waals surface area contributed by atoms with Crippen molar-refractivity contribution in [2.45, 2.75) is 25.7 Å². The summed E-state index contributed by atoms with van der Waals surface area (Å²) in [6.07, 6.45) is 3.65. The molecule has 85 valence electrons. The summed E-state index contributed by atoms with van der Waals surface area (Å²) in [5.41, 5.74) is 7.00. The summed E-state index contributed by atoms with van der Waals surface area (Å²) in [5, 5.41) is 0. The molecule has 1 N–H and O–H groups in total. The molecule has 1 saturated carbocycles. The molecule has 1 aromatic rings. The Hall–Kier alpha value is -1.35. The van der Waals surface area contributed by atoms with Gasteiger partial charge in [0.15, 0.2) is 0 Å². The maximum Gasteiger partial charge on any atom is 0.318 e. The molecular weight excluding hydrogens is 202 g/mol. The van der Waals surface area contributed by atoms with Crippen molar-refractivity contribution in [1.29, 1.82) is 0 Å². The quantitative estimate of drug-likeness (QED) is 0.578. The molecule has 0 unspecified atom stereocenters. The predicted molar refractivity (Wildman–Crippen MR) is 60.9 cm³/mol. The fourth-order valence-electron chi connectivity index (χ4n) is 2.21. The maximum absolute atomic E-state index is 12.0. The average Bonchev–Trinajstić information content (AvgIpc) is 2.80. The number of hydrogen-bond acceptors (Lipinski definition) is 2. The zero-order chi connectivity index (χ0) is 11.4. The van der Waals surface area contributed by atoms with Gasteiger partial charge in [-0.15, -0.1) is 0 Å². The van der Waals surface area contributed by atoms with E-state index in [1.54, 1.807) is 12.1 Å². The molecule has 3 nitrogen and oxygen atoms in total. The number of ether oxygens (including phenoxy) is 1. The van der Waals surface area contributed by atoms with E-state index in [4.69, 9.17) is 10.5 Å². The Kier molecular flexibility index (Phi) is 3.25. The number of hydrogen-bond donors (Lipinski definition) is 0. The zero-order valence-electron chi connectivity index (χ0n) is 9.24. The minimum atomic E-state index is -0.546. The minimum Gasteiger partial charge on any atom is -0.426 e. The molecule has 3 heteroatoms. The lowest BCUT2D eigenvalue weighted by Crippen LogP contribution is -2.36. The van der Waals surface area contributed by atoms with Crippen LogP contribution < -0.4 is 10.5 Å². The maximum atomic E-state index is 12.0. The van der Waals surface area contributed by atoms with Crippen molar-refractivity contribution in [3.8, 4) is 5.75 Å². The number of benzene rings is 1. The Balaban J connectivity index is 2.07. The Morgan fingerprint density at radius 1 is 1.25 bits per heavy atom. The highest BCUT2D eigenvalue weighted by molar-refractivity contribution is 5.79. The molecule has 2 rings (SSSR count). The summed E-state index contributed by atoms with van der Waals surface area (Å²) in [6, 6.07) is 9.09. The van der Waals surface area contributed by atoms with Crippen LogP contribution in [0.5, 0.6) is 5.75 Å². The van der Waals surface area contributed by atoms with Crippen LogP contribution in [0.25, 0.3) is 0 Å². The summed E-state index contributed by atoms with van der Waals surface area (Å²) in [6.45, 7) is 0.138. The second-order valence-electron chi connectivity index (χ2n) is 4.37. The SMILES string of the molecule is [NH]CC1(C(=O)Oc2ccccc2)CCCC1. The summed E-state index contributed by atoms with van der Waals surface area (Å²) in [4.78, 5) is 12.0. The summed E-state index contributed by atoms with van der Waals surface area (Å²) in [7, 11) is 0. The van der Waals surface area contributed by atoms with Crippen LogP contribution in [0.1, 0.15) is 25.7 Å². The van der Waals surface area contributed by atoms with E-state index >= 15 is 0 Å². The van der Waals surface area contributed by atoms with Gasteiger partial charge in [0.25, 0.3) is 0 Å². The lowest BCUT2D eigenvalue weighted by molar-refractivity contribution is -0.145. The monoisotopic (exact) mass is 218 g/mol. The van der Waals surface area contributed by atoms with Gasteiger partial charge >= 0.3 is 5.97 Å². The molecule has 16 heavy (non-hydrogen) atoms. The normalized spacial score (nSPS) is 18.3. The second kappa shape index (κ2) is 4.66. The van der Waals surface area contributed by atoms with Crippen LogP contribution in [0.3, 0.4) is 0 Å². The van der Waals surface area contributed by atoms with Gasteiger partial charge in [0.1, 0.15) is 5.75 Å². The summed E-state index contributed by atoms with van der Waals surface area (Å²) >= 11 is 0. The highest BCUT2D eigenvalue weighted by atomic mass is 16.5. The first kappa shape index (κ1) is 11.1. The molecular formula is C13H16NO2. The van der Waals surface area contributed by atoms with Gasteiger partial charge in [-0.3, -0.25) is 10.5 Å². The topological polar surface area (TPSA) is 50.1 Å². The van der Waals surface area contributed by atoms with Gasteiger partial charge in [0.05, 0.1) is 5.41 Å². The third-order valence-corrected chi connectivity index (χ3v) is 3.29. The fraction of sp³-hybridized carbons (Fsp3) is 0.462. The van der Waals surface area contributed by atoms with Crippen molar-refractivity contribution >= 4 is 5.97 Å². The molecule has 0 bridgehead atoms. The van der Waals surface area contributed by atoms with Crippen LogP contribution in [-0.4, -0.2) is 12.5 Å². The zero-order valence-corrected chi connectivity index (χ0v) is 9.24. The van der Waals surface area contributed by atoms with E-state index in [1.807, 2.05) is 18.2 Å². The first-order valence-electron chi connectivity index (χ1n) is 5.69. The van der Waals surface area contributed by atoms with Crippen LogP contribution in [-0.2, 0) is 4.79 Å². The Morgan fingerprint density at radius 2 is 1.88 bits per heavy atom. The molecule has 0 atom stereocenters. The van der Waals surface area contributed by atoms with Gasteiger partial charge in [0, 0.05) is 6.54 Å². The van der Waals surface area contributed by atoms with E-state index in [0.717, 1.165) is 25.7 Å². The first-order chi connectivity index (χ1) is 7.77. The predicted octanol–water partition coefficient (Wildman–Crippen LogP) is 2.44. The molecule has 0 heterocycles. The van der Waals surface area contributed by atoms with Gasteiger partial charge in [-0.05, 0) is 25.0 Å². The third-order valence-electron chi connectivity index (χ3n) is 3.29. The minimum absolute atomic E-state index is 0.138. The second-order valence-corrected chi connectivity index (χ2v) is 4.37. The van der Waals surface area contributed by atoms with E-state index in [1.165, 1.54) is 0 Å². The molecule has 0 spiro atoms. The van der Waals surface area contributed by atoms with Crippen molar-refractivity contribution in [2.75, 3.05) is 6.54 Å². The lowest BCUT2D eigenvalue weighted by Gasteiger charge is -2.23. The van der Waals surface area contributed by atoms with E-state index in [2.05, 4.69) is 0 Å². The van der Waals surface area contributed by atoms with Gasteiger partial charge in [-0.2, -0.15) is 0 Å². The van der Waals surface area contributed by atoms with Crippen molar-refractivity contribution in [3.63, 3.8) is 0 Å². The van der Waals surface area contributed by atoms with Gasteiger partial charge in [-0.1, -0.05) is 31.0 Å². The Labute approximate surface area is 95.6 Å². The highest BCUT2D eigenvalue weighted by Gasteiger charge is 2.41.